The summed E-state index contributed by atoms with van der Waals surface area (Å²) in [5.41, 5.74) is 3.62. The first kappa shape index (κ1) is 19.6. The van der Waals surface area contributed by atoms with E-state index >= 15 is 0 Å². The van der Waals surface area contributed by atoms with Crippen LogP contribution in [0.25, 0.3) is 21.7 Å². The zero-order valence-electron chi connectivity index (χ0n) is 16.4. The van der Waals surface area contributed by atoms with Gasteiger partial charge in [0, 0.05) is 18.2 Å². The first-order chi connectivity index (χ1) is 13.9. The number of aliphatic hydroxyl groups is 1. The summed E-state index contributed by atoms with van der Waals surface area (Å²) in [6.45, 7) is 2.39. The lowest BCUT2D eigenvalue weighted by molar-refractivity contribution is -0.151. The Balaban J connectivity index is 2.02. The number of carbonyl (C=O) groups is 1. The predicted molar refractivity (Wildman–Crippen MR) is 107 cm³/mol. The molecule has 0 saturated heterocycles. The van der Waals surface area contributed by atoms with Crippen LogP contribution < -0.4 is 4.74 Å². The van der Waals surface area contributed by atoms with Crippen molar-refractivity contribution in [1.29, 1.82) is 0 Å². The second-order valence-corrected chi connectivity index (χ2v) is 7.87. The molecule has 6 nitrogen and oxygen atoms in total. The fourth-order valence-electron chi connectivity index (χ4n) is 3.84. The van der Waals surface area contributed by atoms with Gasteiger partial charge in [-0.3, -0.25) is 4.68 Å². The Hall–Kier alpha value is -2.71. The number of benzene rings is 1. The summed E-state index contributed by atoms with van der Waals surface area (Å²) in [6, 6.07) is 5.20. The molecule has 1 aromatic carbocycles. The molecule has 8 heteroatoms. The van der Waals surface area contributed by atoms with Crippen molar-refractivity contribution >= 4 is 17.3 Å². The van der Waals surface area contributed by atoms with Gasteiger partial charge in [-0.05, 0) is 48.4 Å². The number of ether oxygens (including phenoxy) is 2. The van der Waals surface area contributed by atoms with Crippen LogP contribution in [0.4, 0.5) is 4.39 Å². The molecule has 29 heavy (non-hydrogen) atoms. The molecule has 1 aliphatic rings. The van der Waals surface area contributed by atoms with Crippen LogP contribution in [0.2, 0.25) is 0 Å². The van der Waals surface area contributed by atoms with E-state index < -0.39 is 17.9 Å². The second kappa shape index (κ2) is 7.61. The van der Waals surface area contributed by atoms with E-state index in [2.05, 4.69) is 5.10 Å². The van der Waals surface area contributed by atoms with Crippen LogP contribution in [-0.4, -0.2) is 34.6 Å². The van der Waals surface area contributed by atoms with Crippen LogP contribution >= 0.6 is 11.3 Å². The molecule has 1 N–H and O–H groups in total. The third kappa shape index (κ3) is 3.22. The van der Waals surface area contributed by atoms with Gasteiger partial charge in [-0.25, -0.2) is 9.18 Å². The van der Waals surface area contributed by atoms with Gasteiger partial charge in [0.15, 0.2) is 17.7 Å². The monoisotopic (exact) mass is 416 g/mol. The maximum atomic E-state index is 14.9. The normalized spacial score (nSPS) is 14.2. The summed E-state index contributed by atoms with van der Waals surface area (Å²) in [7, 11) is 2.86. The molecule has 3 aromatic rings. The first-order valence-corrected chi connectivity index (χ1v) is 10.1. The molecule has 0 aliphatic carbocycles. The van der Waals surface area contributed by atoms with E-state index in [1.165, 1.54) is 29.2 Å². The molecule has 1 unspecified atom stereocenters. The van der Waals surface area contributed by atoms with Crippen molar-refractivity contribution in [2.45, 2.75) is 25.9 Å². The van der Waals surface area contributed by atoms with Crippen molar-refractivity contribution in [1.82, 2.24) is 9.78 Å². The number of methoxy groups -OCH3 is 1. The second-order valence-electron chi connectivity index (χ2n) is 6.93. The summed E-state index contributed by atoms with van der Waals surface area (Å²) < 4.78 is 26.7. The lowest BCUT2D eigenvalue weighted by Crippen LogP contribution is -2.18. The quantitative estimate of drug-likeness (QED) is 0.655. The van der Waals surface area contributed by atoms with Gasteiger partial charge >= 0.3 is 5.97 Å². The van der Waals surface area contributed by atoms with Gasteiger partial charge in [0.25, 0.3) is 0 Å². The smallest absolute Gasteiger partial charge is 0.341 e. The number of esters is 1. The fourth-order valence-corrected chi connectivity index (χ4v) is 4.56. The molecule has 1 atom stereocenters. The molecule has 4 rings (SSSR count). The summed E-state index contributed by atoms with van der Waals surface area (Å²) >= 11 is 1.48. The number of nitrogens with zero attached hydrogens (tertiary/aromatic N) is 2. The maximum Gasteiger partial charge on any atom is 0.341 e. The van der Waals surface area contributed by atoms with E-state index in [9.17, 15) is 14.3 Å². The van der Waals surface area contributed by atoms with Gasteiger partial charge in [-0.15, -0.1) is 11.3 Å². The van der Waals surface area contributed by atoms with Crippen molar-refractivity contribution in [2.75, 3.05) is 13.7 Å². The number of fused-ring (bicyclic) bond motifs is 1. The van der Waals surface area contributed by atoms with Gasteiger partial charge in [0.05, 0.1) is 24.3 Å². The van der Waals surface area contributed by atoms with Crippen LogP contribution in [0.15, 0.2) is 23.6 Å². The number of halogens is 1. The summed E-state index contributed by atoms with van der Waals surface area (Å²) in [4.78, 5) is 13.0. The minimum absolute atomic E-state index is 0.263. The molecule has 0 radical (unpaired) electrons. The molecular formula is C21H21FN2O4S. The van der Waals surface area contributed by atoms with E-state index in [-0.39, 0.29) is 11.4 Å². The van der Waals surface area contributed by atoms with E-state index in [0.29, 0.717) is 29.8 Å². The highest BCUT2D eigenvalue weighted by Crippen LogP contribution is 2.44. The number of carbonyl (C=O) groups excluding carboxylic acids is 1. The van der Waals surface area contributed by atoms with Crippen LogP contribution in [0.1, 0.15) is 29.3 Å². The lowest BCUT2D eigenvalue weighted by atomic mass is 9.90. The third-order valence-corrected chi connectivity index (χ3v) is 6.11. The number of hydrogen-bond acceptors (Lipinski definition) is 6. The molecule has 0 fully saturated rings. The van der Waals surface area contributed by atoms with Crippen molar-refractivity contribution in [2.24, 2.45) is 7.05 Å². The highest BCUT2D eigenvalue weighted by atomic mass is 32.1. The number of aliphatic hydroxyl groups excluding tert-OH is 1. The Labute approximate surface area is 171 Å². The SMILES string of the molecule is COC(=O)C(O)c1c(-c2cc(F)c3c(c2C)CCCO3)c(-c2cccs2)nn1C. The number of thiophene rings is 1. The van der Waals surface area contributed by atoms with Gasteiger partial charge in [0.2, 0.25) is 0 Å². The van der Waals surface area contributed by atoms with Crippen LogP contribution in [0, 0.1) is 12.7 Å². The van der Waals surface area contributed by atoms with Crippen LogP contribution in [0.3, 0.4) is 0 Å². The van der Waals surface area contributed by atoms with Gasteiger partial charge in [0.1, 0.15) is 5.69 Å². The molecule has 0 amide bonds. The maximum absolute atomic E-state index is 14.9. The molecule has 3 heterocycles. The predicted octanol–water partition coefficient (Wildman–Crippen LogP) is 3.79. The van der Waals surface area contributed by atoms with Crippen LogP contribution in [0.5, 0.6) is 5.75 Å². The highest BCUT2D eigenvalue weighted by molar-refractivity contribution is 7.13. The average Bonchev–Trinajstić information content (AvgIpc) is 3.37. The molecule has 0 bridgehead atoms. The zero-order valence-corrected chi connectivity index (χ0v) is 17.2. The number of aryl methyl sites for hydroxylation is 1. The topological polar surface area (TPSA) is 73.6 Å². The van der Waals surface area contributed by atoms with Crippen molar-refractivity contribution in [3.63, 3.8) is 0 Å². The Morgan fingerprint density at radius 1 is 1.48 bits per heavy atom. The summed E-state index contributed by atoms with van der Waals surface area (Å²) in [5, 5.41) is 17.1. The molecule has 0 spiro atoms. The number of rotatable bonds is 4. The minimum Gasteiger partial charge on any atom is -0.490 e. The number of aromatic nitrogens is 2. The largest absolute Gasteiger partial charge is 0.490 e. The first-order valence-electron chi connectivity index (χ1n) is 9.25. The van der Waals surface area contributed by atoms with Gasteiger partial charge in [-0.2, -0.15) is 5.10 Å². The van der Waals surface area contributed by atoms with Crippen molar-refractivity contribution in [3.8, 4) is 27.4 Å². The van der Waals surface area contributed by atoms with Crippen molar-refractivity contribution < 1.29 is 23.8 Å². The zero-order chi connectivity index (χ0) is 20.7. The summed E-state index contributed by atoms with van der Waals surface area (Å²) in [6.07, 6.45) is -0.0369. The fraction of sp³-hybridized carbons (Fsp3) is 0.333. The molecule has 0 saturated carbocycles. The van der Waals surface area contributed by atoms with E-state index in [4.69, 9.17) is 9.47 Å². The standard InChI is InChI=1S/C21H21FN2O4S/c1-11-12-6-4-8-28-20(12)14(22)10-13(11)16-17(15-7-5-9-29-15)23-24(2)18(16)19(25)21(26)27-3/h5,7,9-10,19,25H,4,6,8H2,1-3H3. The van der Waals surface area contributed by atoms with E-state index in [1.54, 1.807) is 7.05 Å². The van der Waals surface area contributed by atoms with E-state index in [0.717, 1.165) is 22.4 Å². The summed E-state index contributed by atoms with van der Waals surface area (Å²) in [5.74, 6) is -0.972. The Morgan fingerprint density at radius 3 is 2.97 bits per heavy atom. The Kier molecular flexibility index (Phi) is 5.14. The van der Waals surface area contributed by atoms with Gasteiger partial charge < -0.3 is 14.6 Å². The molecule has 1 aliphatic heterocycles. The van der Waals surface area contributed by atoms with E-state index in [1.807, 2.05) is 24.4 Å². The Morgan fingerprint density at radius 2 is 2.28 bits per heavy atom. The average molecular weight is 416 g/mol. The third-order valence-electron chi connectivity index (χ3n) is 5.24. The number of hydrogen-bond donors (Lipinski definition) is 1. The Bertz CT molecular complexity index is 1080. The minimum atomic E-state index is -1.55. The lowest BCUT2D eigenvalue weighted by Gasteiger charge is -2.22. The van der Waals surface area contributed by atoms with Gasteiger partial charge in [-0.1, -0.05) is 6.07 Å². The highest BCUT2D eigenvalue weighted by Gasteiger charge is 2.32. The van der Waals surface area contributed by atoms with Crippen LogP contribution in [-0.2, 0) is 23.0 Å². The molecule has 152 valence electrons. The molecule has 2 aromatic heterocycles. The molecular weight excluding hydrogens is 395 g/mol. The van der Waals surface area contributed by atoms with Crippen molar-refractivity contribution in [3.05, 3.63) is 46.2 Å².